The molecule has 2 heterocycles. The molecule has 0 amide bonds. The summed E-state index contributed by atoms with van der Waals surface area (Å²) in [6.07, 6.45) is 0. The quantitative estimate of drug-likeness (QED) is 0.305. The van der Waals surface area contributed by atoms with Gasteiger partial charge in [0.2, 0.25) is 0 Å². The minimum absolute atomic E-state index is 0.318. The number of halogens is 1. The largest absolute Gasteiger partial charge is 0.497 e. The molecule has 0 aliphatic heterocycles. The maximum atomic E-state index is 13.5. The highest BCUT2D eigenvalue weighted by Gasteiger charge is 2.11. The van der Waals surface area contributed by atoms with Crippen LogP contribution >= 0.6 is 0 Å². The molecule has 0 N–H and O–H groups in total. The van der Waals surface area contributed by atoms with Gasteiger partial charge in [0, 0.05) is 10.8 Å². The van der Waals surface area contributed by atoms with Crippen LogP contribution in [-0.4, -0.2) is 12.1 Å². The van der Waals surface area contributed by atoms with E-state index in [1.165, 1.54) is 18.2 Å². The fourth-order valence-corrected chi connectivity index (χ4v) is 2.57. The third kappa shape index (κ3) is 1.83. The monoisotopic (exact) mass is 295 g/mol. The summed E-state index contributed by atoms with van der Waals surface area (Å²) < 4.78 is 23.9. The van der Waals surface area contributed by atoms with Crippen molar-refractivity contribution in [1.29, 1.82) is 0 Å². The molecular formula is C17H10FNO3. The maximum Gasteiger partial charge on any atom is 0.345 e. The van der Waals surface area contributed by atoms with E-state index in [0.717, 1.165) is 5.39 Å². The van der Waals surface area contributed by atoms with Gasteiger partial charge in [-0.3, -0.25) is 0 Å². The Balaban J connectivity index is 2.21. The second-order valence-corrected chi connectivity index (χ2v) is 4.97. The van der Waals surface area contributed by atoms with E-state index in [1.54, 1.807) is 31.4 Å². The lowest BCUT2D eigenvalue weighted by molar-refractivity contribution is 0.415. The molecule has 108 valence electrons. The van der Waals surface area contributed by atoms with Crippen LogP contribution < -0.4 is 10.4 Å². The second-order valence-electron chi connectivity index (χ2n) is 4.97. The smallest absolute Gasteiger partial charge is 0.345 e. The van der Waals surface area contributed by atoms with Crippen LogP contribution in [-0.2, 0) is 0 Å². The Hall–Kier alpha value is -2.95. The molecule has 0 atom stereocenters. The summed E-state index contributed by atoms with van der Waals surface area (Å²) in [6, 6.07) is 11.1. The SMILES string of the molecule is COc1ccc2nc3c(cc2c1)c(=O)oc1ccc(F)cc13. The normalized spacial score (nSPS) is 11.4. The molecule has 2 aromatic heterocycles. The number of hydrogen-bond donors (Lipinski definition) is 0. The Kier molecular flexibility index (Phi) is 2.63. The first-order valence-electron chi connectivity index (χ1n) is 6.66. The molecule has 4 rings (SSSR count). The molecular weight excluding hydrogens is 285 g/mol. The fraction of sp³-hybridized carbons (Fsp3) is 0.0588. The lowest BCUT2D eigenvalue weighted by Crippen LogP contribution is -2.01. The van der Waals surface area contributed by atoms with Crippen LogP contribution in [0.15, 0.2) is 51.7 Å². The van der Waals surface area contributed by atoms with E-state index in [9.17, 15) is 9.18 Å². The second kappa shape index (κ2) is 4.53. The van der Waals surface area contributed by atoms with Crippen LogP contribution in [0.25, 0.3) is 32.8 Å². The van der Waals surface area contributed by atoms with E-state index in [0.29, 0.717) is 33.1 Å². The number of hydrogen-bond acceptors (Lipinski definition) is 4. The molecule has 22 heavy (non-hydrogen) atoms. The standard InChI is InChI=1S/C17H10FNO3/c1-21-11-3-4-14-9(6-11)7-13-16(19-14)12-8-10(18)2-5-15(12)22-17(13)20/h2-8H,1H3. The van der Waals surface area contributed by atoms with Gasteiger partial charge in [-0.15, -0.1) is 0 Å². The van der Waals surface area contributed by atoms with Crippen molar-refractivity contribution in [2.24, 2.45) is 0 Å². The number of ether oxygens (including phenoxy) is 1. The van der Waals surface area contributed by atoms with E-state index in [-0.39, 0.29) is 0 Å². The summed E-state index contributed by atoms with van der Waals surface area (Å²) in [5.74, 6) is 0.268. The van der Waals surface area contributed by atoms with Gasteiger partial charge in [-0.05, 0) is 42.5 Å². The molecule has 0 unspecified atom stereocenters. The zero-order chi connectivity index (χ0) is 15.3. The molecule has 4 nitrogen and oxygen atoms in total. The highest BCUT2D eigenvalue weighted by molar-refractivity contribution is 6.05. The van der Waals surface area contributed by atoms with Crippen LogP contribution in [0.2, 0.25) is 0 Å². The van der Waals surface area contributed by atoms with Gasteiger partial charge in [0.05, 0.1) is 23.5 Å². The third-order valence-corrected chi connectivity index (χ3v) is 3.64. The molecule has 0 aliphatic rings. The first kappa shape index (κ1) is 12.8. The number of pyridine rings is 1. The van der Waals surface area contributed by atoms with Crippen molar-refractivity contribution in [3.05, 3.63) is 58.7 Å². The summed E-state index contributed by atoms with van der Waals surface area (Å²) in [7, 11) is 1.57. The van der Waals surface area contributed by atoms with Gasteiger partial charge in [0.1, 0.15) is 17.1 Å². The van der Waals surface area contributed by atoms with E-state index in [2.05, 4.69) is 4.98 Å². The topological polar surface area (TPSA) is 52.3 Å². The summed E-state index contributed by atoms with van der Waals surface area (Å²) in [6.45, 7) is 0. The summed E-state index contributed by atoms with van der Waals surface area (Å²) in [5, 5.41) is 1.56. The van der Waals surface area contributed by atoms with Crippen molar-refractivity contribution < 1.29 is 13.5 Å². The molecule has 0 saturated heterocycles. The molecule has 0 saturated carbocycles. The van der Waals surface area contributed by atoms with Crippen molar-refractivity contribution in [3.8, 4) is 5.75 Å². The van der Waals surface area contributed by atoms with Crippen LogP contribution in [0.3, 0.4) is 0 Å². The molecule has 0 fully saturated rings. The van der Waals surface area contributed by atoms with Crippen molar-refractivity contribution in [2.75, 3.05) is 7.11 Å². The Bertz CT molecular complexity index is 1100. The minimum Gasteiger partial charge on any atom is -0.497 e. The predicted octanol–water partition coefficient (Wildman–Crippen LogP) is 3.64. The molecule has 5 heteroatoms. The molecule has 2 aromatic carbocycles. The van der Waals surface area contributed by atoms with E-state index >= 15 is 0 Å². The Morgan fingerprint density at radius 2 is 1.95 bits per heavy atom. The van der Waals surface area contributed by atoms with Gasteiger partial charge < -0.3 is 9.15 Å². The van der Waals surface area contributed by atoms with Crippen LogP contribution in [0.5, 0.6) is 5.75 Å². The molecule has 0 bridgehead atoms. The summed E-state index contributed by atoms with van der Waals surface area (Å²) in [5.41, 5.74) is 0.957. The number of rotatable bonds is 1. The van der Waals surface area contributed by atoms with E-state index in [1.807, 2.05) is 0 Å². The number of fused-ring (bicyclic) bond motifs is 4. The molecule has 0 radical (unpaired) electrons. The van der Waals surface area contributed by atoms with Crippen molar-refractivity contribution >= 4 is 32.8 Å². The van der Waals surface area contributed by atoms with Gasteiger partial charge in [-0.25, -0.2) is 14.2 Å². The third-order valence-electron chi connectivity index (χ3n) is 3.64. The number of aromatic nitrogens is 1. The van der Waals surface area contributed by atoms with Crippen molar-refractivity contribution in [2.45, 2.75) is 0 Å². The van der Waals surface area contributed by atoms with Gasteiger partial charge in [-0.1, -0.05) is 0 Å². The van der Waals surface area contributed by atoms with E-state index in [4.69, 9.17) is 9.15 Å². The average molecular weight is 295 g/mol. The first-order chi connectivity index (χ1) is 10.7. The summed E-state index contributed by atoms with van der Waals surface area (Å²) in [4.78, 5) is 16.6. The van der Waals surface area contributed by atoms with Gasteiger partial charge in [0.25, 0.3) is 0 Å². The predicted molar refractivity (Wildman–Crippen MR) is 81.8 cm³/mol. The molecule has 4 aromatic rings. The van der Waals surface area contributed by atoms with Gasteiger partial charge >= 0.3 is 5.63 Å². The van der Waals surface area contributed by atoms with Crippen LogP contribution in [0.1, 0.15) is 0 Å². The van der Waals surface area contributed by atoms with Crippen LogP contribution in [0.4, 0.5) is 4.39 Å². The zero-order valence-electron chi connectivity index (χ0n) is 11.6. The molecule has 0 spiro atoms. The lowest BCUT2D eigenvalue weighted by Gasteiger charge is -2.06. The first-order valence-corrected chi connectivity index (χ1v) is 6.66. The Morgan fingerprint density at radius 3 is 2.77 bits per heavy atom. The van der Waals surface area contributed by atoms with Crippen LogP contribution in [0, 0.1) is 5.82 Å². The lowest BCUT2D eigenvalue weighted by atomic mass is 10.1. The number of methoxy groups -OCH3 is 1. The fourth-order valence-electron chi connectivity index (χ4n) is 2.57. The Morgan fingerprint density at radius 1 is 1.09 bits per heavy atom. The van der Waals surface area contributed by atoms with Gasteiger partial charge in [-0.2, -0.15) is 0 Å². The van der Waals surface area contributed by atoms with E-state index < -0.39 is 11.4 Å². The zero-order valence-corrected chi connectivity index (χ0v) is 11.6. The maximum absolute atomic E-state index is 13.5. The molecule has 0 aliphatic carbocycles. The van der Waals surface area contributed by atoms with Crippen molar-refractivity contribution in [3.63, 3.8) is 0 Å². The minimum atomic E-state index is -0.494. The average Bonchev–Trinajstić information content (AvgIpc) is 2.54. The number of benzene rings is 2. The number of nitrogens with zero attached hydrogens (tertiary/aromatic N) is 1. The Labute approximate surface area is 123 Å². The van der Waals surface area contributed by atoms with Crippen molar-refractivity contribution in [1.82, 2.24) is 4.98 Å². The van der Waals surface area contributed by atoms with Gasteiger partial charge in [0.15, 0.2) is 0 Å². The highest BCUT2D eigenvalue weighted by atomic mass is 19.1. The summed E-state index contributed by atoms with van der Waals surface area (Å²) >= 11 is 0. The highest BCUT2D eigenvalue weighted by Crippen LogP contribution is 2.27.